The molecule has 0 fully saturated rings. The molecule has 1 amide bonds. The van der Waals surface area contributed by atoms with E-state index in [0.29, 0.717) is 19.0 Å². The molecule has 0 heterocycles. The van der Waals surface area contributed by atoms with Crippen molar-refractivity contribution in [2.75, 3.05) is 19.7 Å². The molecular weight excluding hydrogens is 204 g/mol. The molecule has 3 N–H and O–H groups in total. The fraction of sp³-hybridized carbons (Fsp3) is 0.917. The molecule has 0 saturated heterocycles. The Balaban J connectivity index is 3.88. The van der Waals surface area contributed by atoms with E-state index in [9.17, 15) is 4.79 Å². The van der Waals surface area contributed by atoms with E-state index in [2.05, 4.69) is 24.5 Å². The standard InChI is InChI=1S/C12H26N2O2/c1-9(2)6-13-11(16)10(3)14-7-12(4,5)8-15/h9-10,14-15H,6-8H2,1-5H3,(H,13,16). The van der Waals surface area contributed by atoms with Crippen LogP contribution >= 0.6 is 0 Å². The highest BCUT2D eigenvalue weighted by atomic mass is 16.3. The second-order valence-corrected chi connectivity index (χ2v) is 5.56. The van der Waals surface area contributed by atoms with Crippen LogP contribution in [0.3, 0.4) is 0 Å². The zero-order valence-corrected chi connectivity index (χ0v) is 11.1. The second-order valence-electron chi connectivity index (χ2n) is 5.56. The molecule has 0 aliphatic carbocycles. The summed E-state index contributed by atoms with van der Waals surface area (Å²) in [5, 5.41) is 15.1. The number of amides is 1. The normalized spacial score (nSPS) is 13.9. The average Bonchev–Trinajstić information content (AvgIpc) is 2.22. The Labute approximate surface area is 98.8 Å². The molecule has 4 nitrogen and oxygen atoms in total. The fourth-order valence-corrected chi connectivity index (χ4v) is 1.04. The first-order valence-electron chi connectivity index (χ1n) is 5.90. The van der Waals surface area contributed by atoms with E-state index in [-0.39, 0.29) is 24.0 Å². The third-order valence-corrected chi connectivity index (χ3v) is 2.39. The van der Waals surface area contributed by atoms with Crippen molar-refractivity contribution < 1.29 is 9.90 Å². The molecule has 0 aromatic carbocycles. The van der Waals surface area contributed by atoms with Gasteiger partial charge in [0.05, 0.1) is 6.04 Å². The van der Waals surface area contributed by atoms with Gasteiger partial charge in [0, 0.05) is 25.1 Å². The molecule has 0 radical (unpaired) electrons. The molecule has 1 atom stereocenters. The molecule has 0 aromatic heterocycles. The Hall–Kier alpha value is -0.610. The highest BCUT2D eigenvalue weighted by molar-refractivity contribution is 5.81. The molecule has 0 saturated carbocycles. The third kappa shape index (κ3) is 6.80. The average molecular weight is 230 g/mol. The zero-order chi connectivity index (χ0) is 12.8. The number of hydrogen-bond donors (Lipinski definition) is 3. The number of carbonyl (C=O) groups is 1. The van der Waals surface area contributed by atoms with Gasteiger partial charge >= 0.3 is 0 Å². The van der Waals surface area contributed by atoms with Gasteiger partial charge in [-0.25, -0.2) is 0 Å². The third-order valence-electron chi connectivity index (χ3n) is 2.39. The van der Waals surface area contributed by atoms with Gasteiger partial charge in [-0.2, -0.15) is 0 Å². The van der Waals surface area contributed by atoms with Crippen LogP contribution in [-0.4, -0.2) is 36.8 Å². The lowest BCUT2D eigenvalue weighted by atomic mass is 9.94. The van der Waals surface area contributed by atoms with Crippen molar-refractivity contribution in [3.05, 3.63) is 0 Å². The van der Waals surface area contributed by atoms with Gasteiger partial charge in [0.25, 0.3) is 0 Å². The SMILES string of the molecule is CC(C)CNC(=O)C(C)NCC(C)(C)CO. The van der Waals surface area contributed by atoms with Gasteiger partial charge in [-0.3, -0.25) is 4.79 Å². The highest BCUT2D eigenvalue weighted by Gasteiger charge is 2.19. The van der Waals surface area contributed by atoms with Crippen LogP contribution in [0.5, 0.6) is 0 Å². The maximum absolute atomic E-state index is 11.6. The van der Waals surface area contributed by atoms with E-state index in [4.69, 9.17) is 5.11 Å². The number of aliphatic hydroxyl groups is 1. The first kappa shape index (κ1) is 15.4. The first-order chi connectivity index (χ1) is 7.28. The minimum Gasteiger partial charge on any atom is -0.396 e. The van der Waals surface area contributed by atoms with Crippen molar-refractivity contribution in [1.29, 1.82) is 0 Å². The van der Waals surface area contributed by atoms with Crippen molar-refractivity contribution in [3.63, 3.8) is 0 Å². The van der Waals surface area contributed by atoms with E-state index in [1.54, 1.807) is 0 Å². The molecule has 16 heavy (non-hydrogen) atoms. The highest BCUT2D eigenvalue weighted by Crippen LogP contribution is 2.11. The monoisotopic (exact) mass is 230 g/mol. The Kier molecular flexibility index (Phi) is 6.60. The first-order valence-corrected chi connectivity index (χ1v) is 5.90. The summed E-state index contributed by atoms with van der Waals surface area (Å²) in [6.45, 7) is 11.3. The number of hydrogen-bond acceptors (Lipinski definition) is 3. The van der Waals surface area contributed by atoms with Crippen molar-refractivity contribution in [2.24, 2.45) is 11.3 Å². The van der Waals surface area contributed by atoms with E-state index in [1.807, 2.05) is 20.8 Å². The minimum absolute atomic E-state index is 0.0161. The van der Waals surface area contributed by atoms with Crippen LogP contribution < -0.4 is 10.6 Å². The number of carbonyl (C=O) groups excluding carboxylic acids is 1. The van der Waals surface area contributed by atoms with Gasteiger partial charge in [0.2, 0.25) is 5.91 Å². The number of rotatable bonds is 7. The number of nitrogens with one attached hydrogen (secondary N) is 2. The van der Waals surface area contributed by atoms with Crippen molar-refractivity contribution in [3.8, 4) is 0 Å². The molecule has 0 rings (SSSR count). The summed E-state index contributed by atoms with van der Waals surface area (Å²) in [4.78, 5) is 11.6. The Morgan fingerprint density at radius 1 is 1.31 bits per heavy atom. The van der Waals surface area contributed by atoms with Gasteiger partial charge in [0.15, 0.2) is 0 Å². The molecule has 4 heteroatoms. The number of aliphatic hydroxyl groups excluding tert-OH is 1. The van der Waals surface area contributed by atoms with E-state index < -0.39 is 0 Å². The van der Waals surface area contributed by atoms with Crippen LogP contribution in [-0.2, 0) is 4.79 Å². The van der Waals surface area contributed by atoms with Gasteiger partial charge in [-0.1, -0.05) is 27.7 Å². The predicted molar refractivity (Wildman–Crippen MR) is 66.2 cm³/mol. The molecule has 96 valence electrons. The molecule has 0 aliphatic rings. The summed E-state index contributed by atoms with van der Waals surface area (Å²) in [6, 6.07) is -0.218. The van der Waals surface area contributed by atoms with Gasteiger partial charge in [-0.05, 0) is 12.8 Å². The van der Waals surface area contributed by atoms with Gasteiger partial charge in [0.1, 0.15) is 0 Å². The van der Waals surface area contributed by atoms with Gasteiger partial charge in [-0.15, -0.1) is 0 Å². The minimum atomic E-state index is -0.218. The largest absolute Gasteiger partial charge is 0.396 e. The van der Waals surface area contributed by atoms with E-state index in [0.717, 1.165) is 0 Å². The molecule has 0 spiro atoms. The van der Waals surface area contributed by atoms with Gasteiger partial charge < -0.3 is 15.7 Å². The molecule has 0 aromatic rings. The lowest BCUT2D eigenvalue weighted by Gasteiger charge is -2.24. The Morgan fingerprint density at radius 3 is 2.31 bits per heavy atom. The smallest absolute Gasteiger partial charge is 0.236 e. The summed E-state index contributed by atoms with van der Waals surface area (Å²) >= 11 is 0. The van der Waals surface area contributed by atoms with Crippen LogP contribution in [0, 0.1) is 11.3 Å². The lowest BCUT2D eigenvalue weighted by Crippen LogP contribution is -2.46. The molecule has 0 aliphatic heterocycles. The summed E-state index contributed by atoms with van der Waals surface area (Å²) in [7, 11) is 0. The Bertz CT molecular complexity index is 215. The van der Waals surface area contributed by atoms with Crippen molar-refractivity contribution in [1.82, 2.24) is 10.6 Å². The molecule has 1 unspecified atom stereocenters. The summed E-state index contributed by atoms with van der Waals surface area (Å²) in [6.07, 6.45) is 0. The summed E-state index contributed by atoms with van der Waals surface area (Å²) in [5.41, 5.74) is -0.188. The Morgan fingerprint density at radius 2 is 1.88 bits per heavy atom. The predicted octanol–water partition coefficient (Wildman–Crippen LogP) is 0.755. The van der Waals surface area contributed by atoms with Crippen LogP contribution in [0.1, 0.15) is 34.6 Å². The maximum atomic E-state index is 11.6. The topological polar surface area (TPSA) is 61.4 Å². The summed E-state index contributed by atoms with van der Waals surface area (Å²) < 4.78 is 0. The molecule has 0 bridgehead atoms. The van der Waals surface area contributed by atoms with E-state index >= 15 is 0 Å². The van der Waals surface area contributed by atoms with Crippen LogP contribution in [0.2, 0.25) is 0 Å². The van der Waals surface area contributed by atoms with Crippen molar-refractivity contribution in [2.45, 2.75) is 40.7 Å². The van der Waals surface area contributed by atoms with E-state index in [1.165, 1.54) is 0 Å². The van der Waals surface area contributed by atoms with Crippen LogP contribution in [0.15, 0.2) is 0 Å². The zero-order valence-electron chi connectivity index (χ0n) is 11.1. The second kappa shape index (κ2) is 6.86. The van der Waals surface area contributed by atoms with Crippen LogP contribution in [0.4, 0.5) is 0 Å². The maximum Gasteiger partial charge on any atom is 0.236 e. The van der Waals surface area contributed by atoms with Crippen molar-refractivity contribution >= 4 is 5.91 Å². The lowest BCUT2D eigenvalue weighted by molar-refractivity contribution is -0.123. The molecular formula is C12H26N2O2. The summed E-state index contributed by atoms with van der Waals surface area (Å²) in [5.74, 6) is 0.479. The quantitative estimate of drug-likeness (QED) is 0.605. The van der Waals surface area contributed by atoms with Crippen LogP contribution in [0.25, 0.3) is 0 Å². The fourth-order valence-electron chi connectivity index (χ4n) is 1.04.